The average Bonchev–Trinajstić information content (AvgIpc) is 3.04. The zero-order valence-electron chi connectivity index (χ0n) is 15.2. The van der Waals surface area contributed by atoms with Gasteiger partial charge in [0, 0.05) is 43.6 Å². The van der Waals surface area contributed by atoms with Crippen LogP contribution in [0.4, 0.5) is 23.4 Å². The van der Waals surface area contributed by atoms with E-state index in [9.17, 15) is 17.6 Å². The molecular formula is C18H18F4N6. The summed E-state index contributed by atoms with van der Waals surface area (Å²) in [4.78, 5) is 14.1. The van der Waals surface area contributed by atoms with E-state index < -0.39 is 17.6 Å². The number of halogens is 4. The van der Waals surface area contributed by atoms with E-state index in [0.29, 0.717) is 13.1 Å². The molecule has 0 radical (unpaired) electrons. The molecule has 28 heavy (non-hydrogen) atoms. The molecule has 1 aliphatic heterocycles. The number of aromatic nitrogens is 4. The maximum Gasteiger partial charge on any atom is 0.418 e. The minimum absolute atomic E-state index is 0.0203. The molecule has 0 aromatic carbocycles. The first-order valence-electron chi connectivity index (χ1n) is 8.81. The maximum atomic E-state index is 13.9. The van der Waals surface area contributed by atoms with Crippen LogP contribution >= 0.6 is 0 Å². The van der Waals surface area contributed by atoms with Gasteiger partial charge in [-0.05, 0) is 19.9 Å². The lowest BCUT2D eigenvalue weighted by Crippen LogP contribution is -2.54. The fourth-order valence-electron chi connectivity index (χ4n) is 3.50. The Morgan fingerprint density at radius 2 is 1.96 bits per heavy atom. The van der Waals surface area contributed by atoms with E-state index in [0.717, 1.165) is 22.9 Å². The van der Waals surface area contributed by atoms with Gasteiger partial charge in [-0.25, -0.2) is 19.3 Å². The third kappa shape index (κ3) is 3.17. The number of nitrogens with one attached hydrogen (secondary N) is 1. The molecule has 3 aromatic rings. The van der Waals surface area contributed by atoms with Gasteiger partial charge in [0.25, 0.3) is 0 Å². The standard InChI is InChI=1S/C18H18F4N6/c1-10-7-27(11(2)6-24-10)16-15-13(18(20,21)22)8-28(17(15)26-9-25-16)14-5-12(19)3-4-23-14/h3-5,8-11,24H,6-7H2,1-2H3/t10-,11+/m1/s1. The fraction of sp³-hybridized carbons (Fsp3) is 0.389. The van der Waals surface area contributed by atoms with Gasteiger partial charge in [0.2, 0.25) is 0 Å². The van der Waals surface area contributed by atoms with Crippen molar-refractivity contribution in [3.8, 4) is 5.82 Å². The summed E-state index contributed by atoms with van der Waals surface area (Å²) in [6, 6.07) is 2.24. The fourth-order valence-corrected chi connectivity index (χ4v) is 3.50. The highest BCUT2D eigenvalue weighted by atomic mass is 19.4. The number of alkyl halides is 3. The Morgan fingerprint density at radius 1 is 1.18 bits per heavy atom. The van der Waals surface area contributed by atoms with Crippen molar-refractivity contribution in [2.75, 3.05) is 18.0 Å². The first-order valence-corrected chi connectivity index (χ1v) is 8.81. The lowest BCUT2D eigenvalue weighted by molar-refractivity contribution is -0.136. The number of fused-ring (bicyclic) bond motifs is 1. The second kappa shape index (κ2) is 6.69. The number of piperazine rings is 1. The van der Waals surface area contributed by atoms with Crippen molar-refractivity contribution >= 4 is 16.9 Å². The largest absolute Gasteiger partial charge is 0.418 e. The Hall–Kier alpha value is -2.75. The van der Waals surface area contributed by atoms with Gasteiger partial charge in [-0.3, -0.25) is 4.57 Å². The number of hydrogen-bond acceptors (Lipinski definition) is 5. The normalized spacial score (nSPS) is 20.7. The summed E-state index contributed by atoms with van der Waals surface area (Å²) < 4.78 is 56.3. The highest BCUT2D eigenvalue weighted by Gasteiger charge is 2.38. The van der Waals surface area contributed by atoms with Gasteiger partial charge in [0.1, 0.15) is 23.8 Å². The molecule has 2 atom stereocenters. The molecule has 0 unspecified atom stereocenters. The second-order valence-corrected chi connectivity index (χ2v) is 6.95. The Kier molecular flexibility index (Phi) is 4.45. The minimum atomic E-state index is -4.63. The van der Waals surface area contributed by atoms with Gasteiger partial charge in [-0.15, -0.1) is 0 Å². The van der Waals surface area contributed by atoms with Crippen LogP contribution in [0.3, 0.4) is 0 Å². The molecule has 1 saturated heterocycles. The number of nitrogens with zero attached hydrogens (tertiary/aromatic N) is 5. The molecule has 1 fully saturated rings. The van der Waals surface area contributed by atoms with Crippen LogP contribution in [-0.2, 0) is 6.18 Å². The first kappa shape index (κ1) is 18.6. The molecule has 0 bridgehead atoms. The molecule has 6 nitrogen and oxygen atoms in total. The Morgan fingerprint density at radius 3 is 2.68 bits per heavy atom. The van der Waals surface area contributed by atoms with Crippen molar-refractivity contribution < 1.29 is 17.6 Å². The summed E-state index contributed by atoms with van der Waals surface area (Å²) in [7, 11) is 0. The van der Waals surface area contributed by atoms with Crippen molar-refractivity contribution in [3.63, 3.8) is 0 Å². The van der Waals surface area contributed by atoms with E-state index in [1.807, 2.05) is 18.7 Å². The summed E-state index contributed by atoms with van der Waals surface area (Å²) in [5.74, 6) is -0.362. The molecule has 0 amide bonds. The summed E-state index contributed by atoms with van der Waals surface area (Å²) >= 11 is 0. The first-order chi connectivity index (χ1) is 13.3. The van der Waals surface area contributed by atoms with Crippen LogP contribution in [0.5, 0.6) is 0 Å². The van der Waals surface area contributed by atoms with Crippen molar-refractivity contribution in [1.82, 2.24) is 24.8 Å². The minimum Gasteiger partial charge on any atom is -0.350 e. The van der Waals surface area contributed by atoms with Crippen LogP contribution < -0.4 is 10.2 Å². The molecule has 1 aliphatic rings. The quantitative estimate of drug-likeness (QED) is 0.677. The number of hydrogen-bond donors (Lipinski definition) is 1. The summed E-state index contributed by atoms with van der Waals surface area (Å²) in [5, 5.41) is 3.19. The zero-order chi connectivity index (χ0) is 20.1. The highest BCUT2D eigenvalue weighted by molar-refractivity contribution is 5.93. The summed E-state index contributed by atoms with van der Waals surface area (Å²) in [6.45, 7) is 5.02. The van der Waals surface area contributed by atoms with Crippen molar-refractivity contribution in [3.05, 3.63) is 42.2 Å². The number of rotatable bonds is 2. The molecule has 1 N–H and O–H groups in total. The van der Waals surface area contributed by atoms with Gasteiger partial charge in [0.15, 0.2) is 5.65 Å². The van der Waals surface area contributed by atoms with Crippen molar-refractivity contribution in [2.45, 2.75) is 32.1 Å². The number of pyridine rings is 1. The summed E-state index contributed by atoms with van der Waals surface area (Å²) in [5.41, 5.74) is -0.837. The lowest BCUT2D eigenvalue weighted by atomic mass is 10.1. The Labute approximate surface area is 158 Å². The van der Waals surface area contributed by atoms with Gasteiger partial charge >= 0.3 is 6.18 Å². The van der Waals surface area contributed by atoms with E-state index >= 15 is 0 Å². The molecule has 3 aromatic heterocycles. The smallest absolute Gasteiger partial charge is 0.350 e. The molecule has 0 spiro atoms. The lowest BCUT2D eigenvalue weighted by Gasteiger charge is -2.38. The highest BCUT2D eigenvalue weighted by Crippen LogP contribution is 2.40. The molecule has 0 saturated carbocycles. The van der Waals surface area contributed by atoms with Crippen LogP contribution in [0, 0.1) is 5.82 Å². The molecule has 148 valence electrons. The van der Waals surface area contributed by atoms with Crippen LogP contribution in [0.1, 0.15) is 19.4 Å². The van der Waals surface area contributed by atoms with E-state index in [2.05, 4.69) is 20.3 Å². The third-order valence-electron chi connectivity index (χ3n) is 4.86. The Bertz CT molecular complexity index is 1010. The summed E-state index contributed by atoms with van der Waals surface area (Å²) in [6.07, 6.45) is -1.29. The third-order valence-corrected chi connectivity index (χ3v) is 4.86. The van der Waals surface area contributed by atoms with E-state index in [-0.39, 0.29) is 34.8 Å². The van der Waals surface area contributed by atoms with Crippen LogP contribution in [0.15, 0.2) is 30.9 Å². The van der Waals surface area contributed by atoms with Crippen molar-refractivity contribution in [1.29, 1.82) is 0 Å². The van der Waals surface area contributed by atoms with Crippen LogP contribution in [0.25, 0.3) is 16.9 Å². The Balaban J connectivity index is 1.98. The van der Waals surface area contributed by atoms with Crippen LogP contribution in [-0.4, -0.2) is 44.7 Å². The van der Waals surface area contributed by atoms with Gasteiger partial charge < -0.3 is 10.2 Å². The second-order valence-electron chi connectivity index (χ2n) is 6.95. The van der Waals surface area contributed by atoms with Gasteiger partial charge in [-0.1, -0.05) is 0 Å². The van der Waals surface area contributed by atoms with E-state index in [4.69, 9.17) is 0 Å². The number of anilines is 1. The van der Waals surface area contributed by atoms with E-state index in [1.165, 1.54) is 12.5 Å². The average molecular weight is 394 g/mol. The zero-order valence-corrected chi connectivity index (χ0v) is 15.2. The predicted molar refractivity (Wildman–Crippen MR) is 95.9 cm³/mol. The molecular weight excluding hydrogens is 376 g/mol. The molecule has 10 heteroatoms. The predicted octanol–water partition coefficient (Wildman–Crippen LogP) is 3.16. The van der Waals surface area contributed by atoms with Crippen molar-refractivity contribution in [2.24, 2.45) is 0 Å². The molecule has 4 heterocycles. The SMILES string of the molecule is C[C@@H]1CN(c2ncnc3c2c(C(F)(F)F)cn3-c2cc(F)ccn2)[C@@H](C)CN1. The van der Waals surface area contributed by atoms with Gasteiger partial charge in [-0.2, -0.15) is 13.2 Å². The van der Waals surface area contributed by atoms with Crippen LogP contribution in [0.2, 0.25) is 0 Å². The topological polar surface area (TPSA) is 58.9 Å². The van der Waals surface area contributed by atoms with E-state index in [1.54, 1.807) is 0 Å². The van der Waals surface area contributed by atoms with Gasteiger partial charge in [0.05, 0.1) is 10.9 Å². The molecule has 0 aliphatic carbocycles. The monoisotopic (exact) mass is 394 g/mol. The molecule has 4 rings (SSSR count). The maximum absolute atomic E-state index is 13.9.